The van der Waals surface area contributed by atoms with E-state index < -0.39 is 12.3 Å². The van der Waals surface area contributed by atoms with E-state index in [0.29, 0.717) is 0 Å². The third-order valence-corrected chi connectivity index (χ3v) is 1.18. The zero-order valence-corrected chi connectivity index (χ0v) is 5.27. The molecule has 0 fully saturated rings. The second-order valence-electron chi connectivity index (χ2n) is 1.89. The average molecular weight is 140 g/mol. The third-order valence-electron chi connectivity index (χ3n) is 1.18. The molecule has 1 atom stereocenters. The van der Waals surface area contributed by atoms with Gasteiger partial charge in [0.15, 0.2) is 6.23 Å². The Balaban J connectivity index is 2.70. The molecule has 2 amide bonds. The van der Waals surface area contributed by atoms with Gasteiger partial charge in [-0.25, -0.2) is 4.79 Å². The molecule has 1 rings (SSSR count). The van der Waals surface area contributed by atoms with E-state index in [1.54, 1.807) is 12.2 Å². The Labute approximate surface area is 58.2 Å². The van der Waals surface area contributed by atoms with E-state index in [2.05, 4.69) is 0 Å². The molecular weight excluding hydrogens is 132 g/mol. The lowest BCUT2D eigenvalue weighted by Gasteiger charge is -2.21. The number of rotatable bonds is 0. The summed E-state index contributed by atoms with van der Waals surface area (Å²) in [5.41, 5.74) is 4.90. The Morgan fingerprint density at radius 1 is 1.60 bits per heavy atom. The number of aliphatic hydroxyl groups excluding tert-OH is 1. The van der Waals surface area contributed by atoms with Crippen LogP contribution in [-0.4, -0.2) is 22.3 Å². The summed E-state index contributed by atoms with van der Waals surface area (Å²) in [4.78, 5) is 11.5. The van der Waals surface area contributed by atoms with Crippen molar-refractivity contribution in [2.75, 3.05) is 0 Å². The number of hydrogen-bond acceptors (Lipinski definition) is 2. The van der Waals surface area contributed by atoms with Crippen LogP contribution in [0.15, 0.2) is 24.4 Å². The highest BCUT2D eigenvalue weighted by atomic mass is 16.3. The minimum Gasteiger partial charge on any atom is -0.369 e. The number of urea groups is 1. The maximum Gasteiger partial charge on any atom is 0.321 e. The Morgan fingerprint density at radius 3 is 2.70 bits per heavy atom. The maximum atomic E-state index is 10.5. The number of nitrogens with two attached hydrogens (primary N) is 1. The van der Waals surface area contributed by atoms with Gasteiger partial charge in [-0.2, -0.15) is 0 Å². The van der Waals surface area contributed by atoms with E-state index >= 15 is 0 Å². The van der Waals surface area contributed by atoms with Gasteiger partial charge >= 0.3 is 6.03 Å². The van der Waals surface area contributed by atoms with Crippen molar-refractivity contribution < 1.29 is 9.90 Å². The maximum absolute atomic E-state index is 10.5. The van der Waals surface area contributed by atoms with Crippen LogP contribution in [0.25, 0.3) is 0 Å². The quantitative estimate of drug-likeness (QED) is 0.488. The van der Waals surface area contributed by atoms with Crippen molar-refractivity contribution >= 4 is 6.03 Å². The molecule has 1 aliphatic rings. The molecule has 54 valence electrons. The van der Waals surface area contributed by atoms with E-state index in [1.165, 1.54) is 12.3 Å². The second kappa shape index (κ2) is 2.53. The molecule has 1 aliphatic heterocycles. The summed E-state index contributed by atoms with van der Waals surface area (Å²) in [6, 6.07) is -0.659. The predicted octanol–water partition coefficient (Wildman–Crippen LogP) is -0.231. The summed E-state index contributed by atoms with van der Waals surface area (Å²) in [5, 5.41) is 9.03. The van der Waals surface area contributed by atoms with Gasteiger partial charge in [-0.05, 0) is 12.2 Å². The average Bonchev–Trinajstić information content (AvgIpc) is 1.88. The number of nitrogens with zero attached hydrogens (tertiary/aromatic N) is 1. The highest BCUT2D eigenvalue weighted by Crippen LogP contribution is 2.03. The summed E-state index contributed by atoms with van der Waals surface area (Å²) >= 11 is 0. The van der Waals surface area contributed by atoms with Crippen LogP contribution in [0.2, 0.25) is 0 Å². The largest absolute Gasteiger partial charge is 0.369 e. The van der Waals surface area contributed by atoms with Gasteiger partial charge in [0.05, 0.1) is 0 Å². The number of primary amides is 1. The van der Waals surface area contributed by atoms with Crippen LogP contribution in [0, 0.1) is 0 Å². The van der Waals surface area contributed by atoms with Gasteiger partial charge in [-0.3, -0.25) is 4.90 Å². The first kappa shape index (κ1) is 6.82. The van der Waals surface area contributed by atoms with Crippen LogP contribution in [0.1, 0.15) is 0 Å². The lowest BCUT2D eigenvalue weighted by atomic mass is 10.3. The van der Waals surface area contributed by atoms with Crippen LogP contribution in [0.4, 0.5) is 4.79 Å². The summed E-state index contributed by atoms with van der Waals surface area (Å²) in [7, 11) is 0. The zero-order valence-electron chi connectivity index (χ0n) is 5.27. The van der Waals surface area contributed by atoms with Crippen LogP contribution >= 0.6 is 0 Å². The molecule has 1 heterocycles. The molecule has 0 aromatic carbocycles. The third kappa shape index (κ3) is 1.16. The molecule has 0 spiro atoms. The zero-order chi connectivity index (χ0) is 7.56. The van der Waals surface area contributed by atoms with Crippen molar-refractivity contribution in [3.63, 3.8) is 0 Å². The van der Waals surface area contributed by atoms with Gasteiger partial charge in [-0.15, -0.1) is 0 Å². The van der Waals surface area contributed by atoms with Crippen LogP contribution in [0.5, 0.6) is 0 Å². The molecule has 0 aromatic rings. The van der Waals surface area contributed by atoms with Gasteiger partial charge < -0.3 is 10.8 Å². The molecule has 0 aliphatic carbocycles. The number of carbonyl (C=O) groups is 1. The van der Waals surface area contributed by atoms with E-state index in [4.69, 9.17) is 10.8 Å². The summed E-state index contributed by atoms with van der Waals surface area (Å²) < 4.78 is 0. The highest BCUT2D eigenvalue weighted by molar-refractivity contribution is 5.73. The molecule has 0 bridgehead atoms. The fourth-order valence-electron chi connectivity index (χ4n) is 0.691. The van der Waals surface area contributed by atoms with Gasteiger partial charge in [0.1, 0.15) is 0 Å². The Morgan fingerprint density at radius 2 is 2.30 bits per heavy atom. The summed E-state index contributed by atoms with van der Waals surface area (Å²) in [5.74, 6) is 0. The Kier molecular flexibility index (Phi) is 1.73. The molecule has 4 heteroatoms. The number of hydrogen-bond donors (Lipinski definition) is 2. The standard InChI is InChI=1S/C6H8N2O2/c7-6(10)8-4-2-1-3-5(8)9/h1-5,9H,(H2,7,10)/t5-/m0/s1. The van der Waals surface area contributed by atoms with Crippen molar-refractivity contribution in [3.8, 4) is 0 Å². The fourth-order valence-corrected chi connectivity index (χ4v) is 0.691. The van der Waals surface area contributed by atoms with E-state index in [-0.39, 0.29) is 0 Å². The molecule has 0 aromatic heterocycles. The van der Waals surface area contributed by atoms with Gasteiger partial charge in [0, 0.05) is 6.20 Å². The van der Waals surface area contributed by atoms with Crippen molar-refractivity contribution in [2.24, 2.45) is 5.73 Å². The minimum atomic E-state index is -0.914. The van der Waals surface area contributed by atoms with Crippen molar-refractivity contribution in [1.29, 1.82) is 0 Å². The molecule has 0 radical (unpaired) electrons. The normalized spacial score (nSPS) is 23.3. The van der Waals surface area contributed by atoms with Crippen molar-refractivity contribution in [2.45, 2.75) is 6.23 Å². The predicted molar refractivity (Wildman–Crippen MR) is 35.7 cm³/mol. The second-order valence-corrected chi connectivity index (χ2v) is 1.89. The highest BCUT2D eigenvalue weighted by Gasteiger charge is 2.14. The first-order chi connectivity index (χ1) is 4.72. The summed E-state index contributed by atoms with van der Waals surface area (Å²) in [6.45, 7) is 0. The van der Waals surface area contributed by atoms with Gasteiger partial charge in [0.25, 0.3) is 0 Å². The molecule has 0 unspecified atom stereocenters. The topological polar surface area (TPSA) is 66.6 Å². The first-order valence-corrected chi connectivity index (χ1v) is 2.82. The van der Waals surface area contributed by atoms with Crippen molar-refractivity contribution in [1.82, 2.24) is 4.90 Å². The minimum absolute atomic E-state index is 0.659. The number of amides is 2. The van der Waals surface area contributed by atoms with E-state index in [9.17, 15) is 4.79 Å². The van der Waals surface area contributed by atoms with Crippen LogP contribution < -0.4 is 5.73 Å². The molecule has 3 N–H and O–H groups in total. The molecule has 4 nitrogen and oxygen atoms in total. The monoisotopic (exact) mass is 140 g/mol. The van der Waals surface area contributed by atoms with Gasteiger partial charge in [-0.1, -0.05) is 6.08 Å². The lowest BCUT2D eigenvalue weighted by Crippen LogP contribution is -2.39. The number of carbonyl (C=O) groups excluding carboxylic acids is 1. The summed E-state index contributed by atoms with van der Waals surface area (Å²) in [6.07, 6.45) is 5.24. The fraction of sp³-hybridized carbons (Fsp3) is 0.167. The number of allylic oxidation sites excluding steroid dienone is 2. The van der Waals surface area contributed by atoms with Crippen LogP contribution in [-0.2, 0) is 0 Å². The molecular formula is C6H8N2O2. The lowest BCUT2D eigenvalue weighted by molar-refractivity contribution is 0.0999. The Hall–Kier alpha value is -1.29. The molecule has 0 saturated heterocycles. The van der Waals surface area contributed by atoms with Crippen LogP contribution in [0.3, 0.4) is 0 Å². The molecule has 10 heavy (non-hydrogen) atoms. The van der Waals surface area contributed by atoms with E-state index in [0.717, 1.165) is 4.90 Å². The van der Waals surface area contributed by atoms with E-state index in [1.807, 2.05) is 0 Å². The van der Waals surface area contributed by atoms with Gasteiger partial charge in [0.2, 0.25) is 0 Å². The first-order valence-electron chi connectivity index (χ1n) is 2.82. The Bertz CT molecular complexity index is 198. The SMILES string of the molecule is NC(=O)N1C=CC=C[C@@H]1O. The molecule has 0 saturated carbocycles. The number of aliphatic hydroxyl groups is 1. The smallest absolute Gasteiger partial charge is 0.321 e. The van der Waals surface area contributed by atoms with Crippen molar-refractivity contribution in [3.05, 3.63) is 24.4 Å².